The summed E-state index contributed by atoms with van der Waals surface area (Å²) in [6.45, 7) is 6.11. The second-order valence-electron chi connectivity index (χ2n) is 6.94. The van der Waals surface area contributed by atoms with E-state index in [1.807, 2.05) is 6.92 Å². The average Bonchev–Trinajstić information content (AvgIpc) is 2.61. The zero-order valence-electron chi connectivity index (χ0n) is 14.6. The molecule has 0 spiro atoms. The summed E-state index contributed by atoms with van der Waals surface area (Å²) in [6, 6.07) is 15.2. The number of carbonyl (C=O) groups excluding carboxylic acids is 1. The molecule has 0 aromatic heterocycles. The molecule has 1 aliphatic rings. The second-order valence-corrected chi connectivity index (χ2v) is 6.94. The molecule has 1 N–H and O–H groups in total. The van der Waals surface area contributed by atoms with Crippen LogP contribution < -0.4 is 5.32 Å². The minimum atomic E-state index is 0.198. The van der Waals surface area contributed by atoms with Crippen LogP contribution in [-0.2, 0) is 11.3 Å². The molecular weight excluding hydrogens is 296 g/mol. The molecule has 0 bridgehead atoms. The van der Waals surface area contributed by atoms with Gasteiger partial charge in [0.05, 0.1) is 0 Å². The van der Waals surface area contributed by atoms with Gasteiger partial charge < -0.3 is 5.32 Å². The SMILES string of the molecule is CCCC(=O)NCC1CCCN(Cc2cccc3ccccc23)C1. The molecule has 1 atom stereocenters. The van der Waals surface area contributed by atoms with Crippen molar-refractivity contribution in [2.75, 3.05) is 19.6 Å². The Morgan fingerprint density at radius 2 is 2.04 bits per heavy atom. The van der Waals surface area contributed by atoms with Crippen molar-refractivity contribution in [2.45, 2.75) is 39.2 Å². The number of piperidine rings is 1. The molecule has 128 valence electrons. The third kappa shape index (κ3) is 4.35. The van der Waals surface area contributed by atoms with Gasteiger partial charge in [-0.15, -0.1) is 0 Å². The monoisotopic (exact) mass is 324 g/mol. The molecule has 1 unspecified atom stereocenters. The molecule has 3 nitrogen and oxygen atoms in total. The maximum Gasteiger partial charge on any atom is 0.219 e. The molecular formula is C21H28N2O. The first-order valence-corrected chi connectivity index (χ1v) is 9.22. The highest BCUT2D eigenvalue weighted by Gasteiger charge is 2.20. The standard InChI is InChI=1S/C21H28N2O/c1-2-7-21(24)22-14-17-8-6-13-23(15-17)16-19-11-5-10-18-9-3-4-12-20(18)19/h3-5,9-12,17H,2,6-8,13-16H2,1H3,(H,22,24). The van der Waals surface area contributed by atoms with Gasteiger partial charge in [0.25, 0.3) is 0 Å². The number of benzene rings is 2. The van der Waals surface area contributed by atoms with E-state index in [0.29, 0.717) is 12.3 Å². The van der Waals surface area contributed by atoms with E-state index in [-0.39, 0.29) is 5.91 Å². The van der Waals surface area contributed by atoms with E-state index in [2.05, 4.69) is 52.7 Å². The maximum absolute atomic E-state index is 11.7. The van der Waals surface area contributed by atoms with E-state index >= 15 is 0 Å². The minimum absolute atomic E-state index is 0.198. The van der Waals surface area contributed by atoms with Crippen molar-refractivity contribution in [1.29, 1.82) is 0 Å². The van der Waals surface area contributed by atoms with E-state index in [1.165, 1.54) is 29.2 Å². The lowest BCUT2D eigenvalue weighted by Crippen LogP contribution is -2.40. The van der Waals surface area contributed by atoms with E-state index in [0.717, 1.165) is 32.6 Å². The largest absolute Gasteiger partial charge is 0.356 e. The second kappa shape index (κ2) is 8.29. The number of likely N-dealkylation sites (tertiary alicyclic amines) is 1. The van der Waals surface area contributed by atoms with Crippen molar-refractivity contribution in [3.05, 3.63) is 48.0 Å². The van der Waals surface area contributed by atoms with Gasteiger partial charge in [-0.3, -0.25) is 9.69 Å². The fourth-order valence-electron chi connectivity index (χ4n) is 3.71. The summed E-state index contributed by atoms with van der Waals surface area (Å²) in [7, 11) is 0. The van der Waals surface area contributed by atoms with Gasteiger partial charge in [0.15, 0.2) is 0 Å². The summed E-state index contributed by atoms with van der Waals surface area (Å²) in [4.78, 5) is 14.2. The van der Waals surface area contributed by atoms with Gasteiger partial charge in [0, 0.05) is 26.1 Å². The maximum atomic E-state index is 11.7. The first kappa shape index (κ1) is 17.0. The van der Waals surface area contributed by atoms with Crippen LogP contribution in [0.5, 0.6) is 0 Å². The Labute approximate surface area is 145 Å². The quantitative estimate of drug-likeness (QED) is 0.872. The molecule has 1 heterocycles. The zero-order chi connectivity index (χ0) is 16.8. The molecule has 24 heavy (non-hydrogen) atoms. The molecule has 3 rings (SSSR count). The van der Waals surface area contributed by atoms with Gasteiger partial charge in [0.2, 0.25) is 5.91 Å². The van der Waals surface area contributed by atoms with E-state index in [1.54, 1.807) is 0 Å². The van der Waals surface area contributed by atoms with Crippen LogP contribution in [0.15, 0.2) is 42.5 Å². The Morgan fingerprint density at radius 3 is 2.92 bits per heavy atom. The topological polar surface area (TPSA) is 32.3 Å². The summed E-state index contributed by atoms with van der Waals surface area (Å²) >= 11 is 0. The number of rotatable bonds is 6. The van der Waals surface area contributed by atoms with Crippen LogP contribution in [0.3, 0.4) is 0 Å². The van der Waals surface area contributed by atoms with E-state index < -0.39 is 0 Å². The lowest BCUT2D eigenvalue weighted by atomic mass is 9.96. The van der Waals surface area contributed by atoms with Crippen molar-refractivity contribution in [1.82, 2.24) is 10.2 Å². The van der Waals surface area contributed by atoms with Crippen molar-refractivity contribution in [2.24, 2.45) is 5.92 Å². The number of nitrogens with zero attached hydrogens (tertiary/aromatic N) is 1. The van der Waals surface area contributed by atoms with Crippen LogP contribution in [0.2, 0.25) is 0 Å². The van der Waals surface area contributed by atoms with Crippen LogP contribution in [-0.4, -0.2) is 30.4 Å². The lowest BCUT2D eigenvalue weighted by molar-refractivity contribution is -0.121. The molecule has 2 aromatic carbocycles. The van der Waals surface area contributed by atoms with Crippen molar-refractivity contribution in [3.8, 4) is 0 Å². The fraction of sp³-hybridized carbons (Fsp3) is 0.476. The Balaban J connectivity index is 1.59. The molecule has 0 aliphatic carbocycles. The molecule has 1 aliphatic heterocycles. The van der Waals surface area contributed by atoms with Crippen molar-refractivity contribution < 1.29 is 4.79 Å². The summed E-state index contributed by atoms with van der Waals surface area (Å²) in [5, 5.41) is 5.78. The molecule has 1 amide bonds. The molecule has 2 aromatic rings. The van der Waals surface area contributed by atoms with Crippen LogP contribution in [0.25, 0.3) is 10.8 Å². The predicted molar refractivity (Wildman–Crippen MR) is 99.9 cm³/mol. The Morgan fingerprint density at radius 1 is 1.21 bits per heavy atom. The number of fused-ring (bicyclic) bond motifs is 1. The number of hydrogen-bond acceptors (Lipinski definition) is 2. The normalized spacial score (nSPS) is 18.6. The third-order valence-corrected chi connectivity index (χ3v) is 4.94. The highest BCUT2D eigenvalue weighted by Crippen LogP contribution is 2.23. The third-order valence-electron chi connectivity index (χ3n) is 4.94. The van der Waals surface area contributed by atoms with Gasteiger partial charge in [-0.2, -0.15) is 0 Å². The minimum Gasteiger partial charge on any atom is -0.356 e. The Kier molecular flexibility index (Phi) is 5.86. The Bertz CT molecular complexity index is 677. The zero-order valence-corrected chi connectivity index (χ0v) is 14.6. The first-order valence-electron chi connectivity index (χ1n) is 9.22. The Hall–Kier alpha value is -1.87. The van der Waals surface area contributed by atoms with Crippen LogP contribution in [0.1, 0.15) is 38.2 Å². The highest BCUT2D eigenvalue weighted by atomic mass is 16.1. The number of carbonyl (C=O) groups is 1. The van der Waals surface area contributed by atoms with Crippen molar-refractivity contribution >= 4 is 16.7 Å². The van der Waals surface area contributed by atoms with Crippen LogP contribution >= 0.6 is 0 Å². The van der Waals surface area contributed by atoms with Gasteiger partial charge in [-0.05, 0) is 48.1 Å². The van der Waals surface area contributed by atoms with Gasteiger partial charge in [-0.1, -0.05) is 49.4 Å². The fourth-order valence-corrected chi connectivity index (χ4v) is 3.71. The first-order chi connectivity index (χ1) is 11.8. The molecule has 0 radical (unpaired) electrons. The van der Waals surface area contributed by atoms with Crippen LogP contribution in [0.4, 0.5) is 0 Å². The summed E-state index contributed by atoms with van der Waals surface area (Å²) in [5.41, 5.74) is 1.41. The predicted octanol–water partition coefficient (Wildman–Crippen LogP) is 3.97. The van der Waals surface area contributed by atoms with Gasteiger partial charge in [-0.25, -0.2) is 0 Å². The van der Waals surface area contributed by atoms with E-state index in [4.69, 9.17) is 0 Å². The summed E-state index contributed by atoms with van der Waals surface area (Å²) in [5.74, 6) is 0.776. The highest BCUT2D eigenvalue weighted by molar-refractivity contribution is 5.85. The van der Waals surface area contributed by atoms with Gasteiger partial charge >= 0.3 is 0 Å². The smallest absolute Gasteiger partial charge is 0.219 e. The summed E-state index contributed by atoms with van der Waals surface area (Å²) in [6.07, 6.45) is 4.01. The molecule has 3 heteroatoms. The molecule has 0 saturated carbocycles. The van der Waals surface area contributed by atoms with Gasteiger partial charge in [0.1, 0.15) is 0 Å². The number of hydrogen-bond donors (Lipinski definition) is 1. The molecule has 1 saturated heterocycles. The molecule has 1 fully saturated rings. The lowest BCUT2D eigenvalue weighted by Gasteiger charge is -2.33. The van der Waals surface area contributed by atoms with Crippen molar-refractivity contribution in [3.63, 3.8) is 0 Å². The number of nitrogens with one attached hydrogen (secondary N) is 1. The van der Waals surface area contributed by atoms with E-state index in [9.17, 15) is 4.79 Å². The number of amides is 1. The average molecular weight is 324 g/mol. The summed E-state index contributed by atoms with van der Waals surface area (Å²) < 4.78 is 0. The van der Waals surface area contributed by atoms with Crippen LogP contribution in [0, 0.1) is 5.92 Å².